The van der Waals surface area contributed by atoms with E-state index in [0.717, 1.165) is 0 Å². The lowest BCUT2D eigenvalue weighted by Crippen LogP contribution is -1.89. The van der Waals surface area contributed by atoms with E-state index in [9.17, 15) is 20.0 Å². The van der Waals surface area contributed by atoms with Crippen LogP contribution < -0.4 is 4.94 Å². The molecule has 0 atom stereocenters. The highest BCUT2D eigenvalue weighted by molar-refractivity contribution is 9.10. The van der Waals surface area contributed by atoms with Crippen molar-refractivity contribution in [2.75, 3.05) is 0 Å². The average molecular weight is 292 g/mol. The highest BCUT2D eigenvalue weighted by Gasteiger charge is 2.24. The molecule has 8 heteroatoms. The summed E-state index contributed by atoms with van der Waals surface area (Å²) in [6.07, 6.45) is 0. The summed E-state index contributed by atoms with van der Waals surface area (Å²) in [6, 6.07) is 1.32. The van der Waals surface area contributed by atoms with Crippen molar-refractivity contribution in [1.82, 2.24) is 0 Å². The van der Waals surface area contributed by atoms with Crippen LogP contribution in [0.25, 0.3) is 10.3 Å². The zero-order chi connectivity index (χ0) is 11.2. The summed E-state index contributed by atoms with van der Waals surface area (Å²) in [6.45, 7) is 0. The van der Waals surface area contributed by atoms with Crippen molar-refractivity contribution in [2.24, 2.45) is 0 Å². The molecule has 1 aromatic heterocycles. The predicted octanol–water partition coefficient (Wildman–Crippen LogP) is 2.23. The standard InChI is InChI=1S/C7H2BrNO5S/c8-2-1-3-6(15-7(11)14-3)4(5(2)10)9(12)13/h1,10H. The Hall–Kier alpha value is -1.41. The molecule has 1 heterocycles. The van der Waals surface area contributed by atoms with Crippen LogP contribution in [0.5, 0.6) is 5.75 Å². The van der Waals surface area contributed by atoms with Crippen LogP contribution in [0.1, 0.15) is 0 Å². The number of nitro benzene ring substituents is 1. The number of benzene rings is 1. The molecule has 0 aliphatic carbocycles. The first-order chi connectivity index (χ1) is 7.00. The lowest BCUT2D eigenvalue weighted by molar-refractivity contribution is -0.383. The highest BCUT2D eigenvalue weighted by atomic mass is 79.9. The van der Waals surface area contributed by atoms with E-state index in [1.165, 1.54) is 6.07 Å². The summed E-state index contributed by atoms with van der Waals surface area (Å²) in [7, 11) is 0. The van der Waals surface area contributed by atoms with Gasteiger partial charge in [0.2, 0.25) is 5.75 Å². The number of hydrogen-bond donors (Lipinski definition) is 1. The molecular formula is C7H2BrNO5S. The smallest absolute Gasteiger partial charge is 0.396 e. The Labute approximate surface area is 94.0 Å². The molecule has 0 radical (unpaired) electrons. The largest absolute Gasteiger partial charge is 0.501 e. The first-order valence-electron chi connectivity index (χ1n) is 3.60. The Kier molecular flexibility index (Phi) is 2.24. The van der Waals surface area contributed by atoms with Crippen molar-refractivity contribution >= 4 is 43.2 Å². The van der Waals surface area contributed by atoms with Crippen LogP contribution in [0, 0.1) is 10.1 Å². The van der Waals surface area contributed by atoms with Gasteiger partial charge in [0.05, 0.1) is 9.40 Å². The summed E-state index contributed by atoms with van der Waals surface area (Å²) in [5.41, 5.74) is -0.434. The van der Waals surface area contributed by atoms with Gasteiger partial charge in [-0.1, -0.05) is 0 Å². The van der Waals surface area contributed by atoms with E-state index in [1.807, 2.05) is 0 Å². The van der Waals surface area contributed by atoms with Crippen LogP contribution in [-0.2, 0) is 0 Å². The summed E-state index contributed by atoms with van der Waals surface area (Å²) in [5, 5.41) is 20.1. The van der Waals surface area contributed by atoms with E-state index >= 15 is 0 Å². The number of hydrogen-bond acceptors (Lipinski definition) is 6. The van der Waals surface area contributed by atoms with E-state index < -0.39 is 21.3 Å². The van der Waals surface area contributed by atoms with Crippen LogP contribution in [0.4, 0.5) is 5.69 Å². The van der Waals surface area contributed by atoms with Gasteiger partial charge < -0.3 is 9.52 Å². The second-order valence-corrected chi connectivity index (χ2v) is 4.39. The minimum Gasteiger partial charge on any atom is -0.501 e. The van der Waals surface area contributed by atoms with E-state index in [0.29, 0.717) is 11.3 Å². The normalized spacial score (nSPS) is 10.7. The Morgan fingerprint density at radius 1 is 1.60 bits per heavy atom. The number of fused-ring (bicyclic) bond motifs is 1. The van der Waals surface area contributed by atoms with Crippen molar-refractivity contribution in [3.8, 4) is 5.75 Å². The molecule has 2 rings (SSSR count). The summed E-state index contributed by atoms with van der Waals surface area (Å²) in [4.78, 5) is 20.2. The molecule has 0 aliphatic heterocycles. The van der Waals surface area contributed by atoms with Gasteiger partial charge in [-0.15, -0.1) is 0 Å². The quantitative estimate of drug-likeness (QED) is 0.642. The number of nitrogens with zero attached hydrogens (tertiary/aromatic N) is 1. The molecule has 0 unspecified atom stereocenters. The van der Waals surface area contributed by atoms with Crippen LogP contribution in [0.3, 0.4) is 0 Å². The van der Waals surface area contributed by atoms with Crippen LogP contribution in [-0.4, -0.2) is 10.0 Å². The molecule has 78 valence electrons. The topological polar surface area (TPSA) is 93.6 Å². The first-order valence-corrected chi connectivity index (χ1v) is 5.21. The highest BCUT2D eigenvalue weighted by Crippen LogP contribution is 2.41. The Bertz CT molecular complexity index is 616. The molecule has 0 saturated carbocycles. The predicted molar refractivity (Wildman–Crippen MR) is 56.4 cm³/mol. The zero-order valence-electron chi connectivity index (χ0n) is 6.89. The molecule has 0 bridgehead atoms. The fraction of sp³-hybridized carbons (Fsp3) is 0. The van der Waals surface area contributed by atoms with Crippen molar-refractivity contribution in [3.63, 3.8) is 0 Å². The minimum atomic E-state index is -0.756. The first kappa shape index (κ1) is 10.1. The SMILES string of the molecule is O=c1oc2cc(Br)c(O)c([N+](=O)[O-])c2s1. The number of phenols is 1. The Morgan fingerprint density at radius 3 is 2.87 bits per heavy atom. The lowest BCUT2D eigenvalue weighted by atomic mass is 10.3. The number of halogens is 1. The van der Waals surface area contributed by atoms with E-state index in [2.05, 4.69) is 15.9 Å². The second kappa shape index (κ2) is 3.31. The third kappa shape index (κ3) is 1.51. The Balaban J connectivity index is 3.01. The van der Waals surface area contributed by atoms with Gasteiger partial charge in [0.1, 0.15) is 0 Å². The fourth-order valence-corrected chi connectivity index (χ4v) is 2.29. The van der Waals surface area contributed by atoms with Crippen LogP contribution in [0.15, 0.2) is 19.8 Å². The number of phenolic OH excluding ortho intramolecular Hbond substituents is 1. The average Bonchev–Trinajstić information content (AvgIpc) is 2.46. The maximum absolute atomic E-state index is 10.9. The van der Waals surface area contributed by atoms with Gasteiger partial charge in [-0.05, 0) is 27.3 Å². The molecule has 0 fully saturated rings. The van der Waals surface area contributed by atoms with E-state index in [-0.39, 0.29) is 14.8 Å². The van der Waals surface area contributed by atoms with Crippen LogP contribution >= 0.6 is 27.3 Å². The monoisotopic (exact) mass is 291 g/mol. The molecule has 1 aromatic carbocycles. The second-order valence-electron chi connectivity index (χ2n) is 2.59. The zero-order valence-corrected chi connectivity index (χ0v) is 9.29. The molecule has 0 amide bonds. The van der Waals surface area contributed by atoms with Gasteiger partial charge in [0, 0.05) is 6.07 Å². The van der Waals surface area contributed by atoms with Crippen molar-refractivity contribution < 1.29 is 14.4 Å². The van der Waals surface area contributed by atoms with Gasteiger partial charge in [-0.3, -0.25) is 10.1 Å². The molecule has 1 N–H and O–H groups in total. The third-order valence-corrected chi connectivity index (χ3v) is 3.16. The molecule has 0 aliphatic rings. The molecule has 15 heavy (non-hydrogen) atoms. The third-order valence-electron chi connectivity index (χ3n) is 1.71. The van der Waals surface area contributed by atoms with Crippen LogP contribution in [0.2, 0.25) is 0 Å². The number of rotatable bonds is 1. The van der Waals surface area contributed by atoms with Gasteiger partial charge in [-0.2, -0.15) is 0 Å². The number of aromatic hydroxyl groups is 1. The Morgan fingerprint density at radius 2 is 2.27 bits per heavy atom. The lowest BCUT2D eigenvalue weighted by Gasteiger charge is -1.98. The summed E-state index contributed by atoms with van der Waals surface area (Å²) >= 11 is 3.52. The summed E-state index contributed by atoms with van der Waals surface area (Å²) in [5.74, 6) is -0.510. The molecule has 0 saturated heterocycles. The van der Waals surface area contributed by atoms with Crippen molar-refractivity contribution in [3.05, 3.63) is 30.4 Å². The van der Waals surface area contributed by atoms with Gasteiger partial charge in [-0.25, -0.2) is 4.79 Å². The van der Waals surface area contributed by atoms with Crippen molar-refractivity contribution in [2.45, 2.75) is 0 Å². The van der Waals surface area contributed by atoms with Crippen molar-refractivity contribution in [1.29, 1.82) is 0 Å². The summed E-state index contributed by atoms with van der Waals surface area (Å²) < 4.78 is 4.86. The molecule has 6 nitrogen and oxygen atoms in total. The number of nitro groups is 1. The maximum atomic E-state index is 10.9. The molecule has 2 aromatic rings. The molecular weight excluding hydrogens is 290 g/mol. The minimum absolute atomic E-state index is 0.0331. The van der Waals surface area contributed by atoms with E-state index in [4.69, 9.17) is 4.42 Å². The molecule has 0 spiro atoms. The maximum Gasteiger partial charge on any atom is 0.396 e. The van der Waals surface area contributed by atoms with Gasteiger partial charge in [0.15, 0.2) is 10.3 Å². The van der Waals surface area contributed by atoms with Gasteiger partial charge in [0.25, 0.3) is 0 Å². The van der Waals surface area contributed by atoms with E-state index in [1.54, 1.807) is 0 Å². The van der Waals surface area contributed by atoms with Gasteiger partial charge >= 0.3 is 10.6 Å². The fourth-order valence-electron chi connectivity index (χ4n) is 1.12.